The zero-order valence-corrected chi connectivity index (χ0v) is 12.2. The smallest absolute Gasteiger partial charge is 0.326 e. The van der Waals surface area contributed by atoms with Crippen LogP contribution in [-0.2, 0) is 4.79 Å². The largest absolute Gasteiger partial charge is 0.480 e. The molecule has 0 aromatic carbocycles. The molecule has 1 unspecified atom stereocenters. The van der Waals surface area contributed by atoms with E-state index in [0.29, 0.717) is 17.5 Å². The second-order valence-electron chi connectivity index (χ2n) is 4.94. The van der Waals surface area contributed by atoms with Crippen LogP contribution in [0.25, 0.3) is 11.3 Å². The molecule has 20 heavy (non-hydrogen) atoms. The first-order valence-corrected chi connectivity index (χ1v) is 7.29. The van der Waals surface area contributed by atoms with Gasteiger partial charge in [-0.25, -0.2) is 9.78 Å². The summed E-state index contributed by atoms with van der Waals surface area (Å²) in [7, 11) is 0. The lowest BCUT2D eigenvalue weighted by molar-refractivity contribution is -0.138. The first-order chi connectivity index (χ1) is 9.56. The van der Waals surface area contributed by atoms with E-state index in [1.54, 1.807) is 12.4 Å². The number of carboxylic acid groups (broad SMARTS) is 1. The van der Waals surface area contributed by atoms with Gasteiger partial charge in [0.25, 0.3) is 0 Å². The fourth-order valence-corrected chi connectivity index (χ4v) is 2.60. The molecule has 2 aromatic rings. The molecule has 0 saturated carbocycles. The Balaban J connectivity index is 2.10. The second kappa shape index (κ2) is 6.47. The van der Waals surface area contributed by atoms with Gasteiger partial charge in [0, 0.05) is 23.3 Å². The number of hydrogen-bond acceptors (Lipinski definition) is 5. The summed E-state index contributed by atoms with van der Waals surface area (Å²) < 4.78 is 0. The molecular weight excluding hydrogens is 274 g/mol. The van der Waals surface area contributed by atoms with E-state index in [4.69, 9.17) is 0 Å². The van der Waals surface area contributed by atoms with Crippen LogP contribution in [0.15, 0.2) is 29.9 Å². The molecule has 5 nitrogen and oxygen atoms in total. The van der Waals surface area contributed by atoms with Crippen molar-refractivity contribution in [2.45, 2.75) is 26.3 Å². The van der Waals surface area contributed by atoms with Crippen molar-refractivity contribution >= 4 is 22.4 Å². The number of carboxylic acids is 1. The van der Waals surface area contributed by atoms with E-state index in [-0.39, 0.29) is 0 Å². The average Bonchev–Trinajstić information content (AvgIpc) is 2.87. The highest BCUT2D eigenvalue weighted by atomic mass is 32.1. The van der Waals surface area contributed by atoms with Crippen LogP contribution in [0.4, 0.5) is 5.13 Å². The number of aliphatic carboxylic acids is 1. The van der Waals surface area contributed by atoms with E-state index in [9.17, 15) is 9.90 Å². The molecule has 2 rings (SSSR count). The van der Waals surface area contributed by atoms with E-state index in [1.807, 2.05) is 31.4 Å². The summed E-state index contributed by atoms with van der Waals surface area (Å²) in [6.07, 6.45) is 4.01. The maximum Gasteiger partial charge on any atom is 0.326 e. The number of nitrogens with zero attached hydrogens (tertiary/aromatic N) is 2. The minimum atomic E-state index is -0.850. The van der Waals surface area contributed by atoms with E-state index >= 15 is 0 Å². The van der Waals surface area contributed by atoms with Crippen LogP contribution < -0.4 is 5.32 Å². The first kappa shape index (κ1) is 14.5. The second-order valence-corrected chi connectivity index (χ2v) is 5.80. The lowest BCUT2D eigenvalue weighted by Crippen LogP contribution is -2.30. The quantitative estimate of drug-likeness (QED) is 0.855. The van der Waals surface area contributed by atoms with Gasteiger partial charge < -0.3 is 10.4 Å². The van der Waals surface area contributed by atoms with Gasteiger partial charge in [0.2, 0.25) is 0 Å². The average molecular weight is 291 g/mol. The van der Waals surface area contributed by atoms with Gasteiger partial charge in [0.1, 0.15) is 6.04 Å². The van der Waals surface area contributed by atoms with Crippen molar-refractivity contribution in [2.75, 3.05) is 5.32 Å². The number of anilines is 1. The van der Waals surface area contributed by atoms with Gasteiger partial charge >= 0.3 is 5.97 Å². The molecule has 0 spiro atoms. The van der Waals surface area contributed by atoms with Crippen LogP contribution in [0.3, 0.4) is 0 Å². The highest BCUT2D eigenvalue weighted by Gasteiger charge is 2.20. The minimum Gasteiger partial charge on any atom is -0.480 e. The van der Waals surface area contributed by atoms with Crippen molar-refractivity contribution in [2.24, 2.45) is 5.92 Å². The Morgan fingerprint density at radius 2 is 2.30 bits per heavy atom. The third-order valence-corrected chi connectivity index (χ3v) is 3.54. The van der Waals surface area contributed by atoms with Gasteiger partial charge in [-0.1, -0.05) is 13.8 Å². The number of rotatable bonds is 6. The minimum absolute atomic E-state index is 0.307. The Morgan fingerprint density at radius 3 is 2.90 bits per heavy atom. The molecule has 0 radical (unpaired) electrons. The molecule has 0 aliphatic rings. The number of carbonyl (C=O) groups is 1. The highest BCUT2D eigenvalue weighted by molar-refractivity contribution is 7.14. The molecule has 0 fully saturated rings. The van der Waals surface area contributed by atoms with Crippen molar-refractivity contribution in [3.05, 3.63) is 29.9 Å². The Kier molecular flexibility index (Phi) is 4.68. The molecule has 0 aliphatic carbocycles. The van der Waals surface area contributed by atoms with E-state index in [1.165, 1.54) is 11.3 Å². The van der Waals surface area contributed by atoms with Crippen LogP contribution >= 0.6 is 11.3 Å². The number of pyridine rings is 1. The number of aromatic nitrogens is 2. The zero-order valence-electron chi connectivity index (χ0n) is 11.4. The molecule has 2 N–H and O–H groups in total. The van der Waals surface area contributed by atoms with Gasteiger partial charge in [-0.2, -0.15) is 0 Å². The molecule has 106 valence electrons. The van der Waals surface area contributed by atoms with E-state index in [0.717, 1.165) is 11.3 Å². The molecule has 0 saturated heterocycles. The highest BCUT2D eigenvalue weighted by Crippen LogP contribution is 2.25. The molecule has 0 aliphatic heterocycles. The Hall–Kier alpha value is -1.95. The fourth-order valence-electron chi connectivity index (χ4n) is 1.83. The molecular formula is C14H17N3O2S. The summed E-state index contributed by atoms with van der Waals surface area (Å²) in [6.45, 7) is 4.00. The van der Waals surface area contributed by atoms with Crippen LogP contribution in [0.5, 0.6) is 0 Å². The summed E-state index contributed by atoms with van der Waals surface area (Å²) in [4.78, 5) is 19.7. The Morgan fingerprint density at radius 1 is 1.50 bits per heavy atom. The standard InChI is InChI=1S/C14H17N3O2S/c1-9(2)6-11(13(18)19)16-14-17-12(8-20-14)10-4-3-5-15-7-10/h3-5,7-9,11H,6H2,1-2H3,(H,16,17)(H,18,19). The normalized spacial score (nSPS) is 12.3. The predicted octanol–water partition coefficient (Wildman–Crippen LogP) is 3.12. The van der Waals surface area contributed by atoms with Crippen LogP contribution in [-0.4, -0.2) is 27.1 Å². The zero-order chi connectivity index (χ0) is 14.5. The van der Waals surface area contributed by atoms with E-state index in [2.05, 4.69) is 15.3 Å². The maximum absolute atomic E-state index is 11.2. The molecule has 2 heterocycles. The molecule has 6 heteroatoms. The van der Waals surface area contributed by atoms with E-state index < -0.39 is 12.0 Å². The predicted molar refractivity (Wildman–Crippen MR) is 79.8 cm³/mol. The van der Waals surface area contributed by atoms with Crippen LogP contribution in [0.2, 0.25) is 0 Å². The topological polar surface area (TPSA) is 75.1 Å². The monoisotopic (exact) mass is 291 g/mol. The maximum atomic E-state index is 11.2. The third-order valence-electron chi connectivity index (χ3n) is 2.76. The lowest BCUT2D eigenvalue weighted by atomic mass is 10.0. The summed E-state index contributed by atoms with van der Waals surface area (Å²) in [6, 6.07) is 3.16. The van der Waals surface area contributed by atoms with Gasteiger partial charge in [0.05, 0.1) is 5.69 Å². The summed E-state index contributed by atoms with van der Waals surface area (Å²) in [5, 5.41) is 14.7. The van der Waals surface area contributed by atoms with Crippen molar-refractivity contribution < 1.29 is 9.90 Å². The van der Waals surface area contributed by atoms with Crippen molar-refractivity contribution in [1.29, 1.82) is 0 Å². The molecule has 1 atom stereocenters. The number of thiazole rings is 1. The van der Waals surface area contributed by atoms with Crippen LogP contribution in [0.1, 0.15) is 20.3 Å². The summed E-state index contributed by atoms with van der Waals surface area (Å²) in [5.74, 6) is -0.543. The number of hydrogen-bond donors (Lipinski definition) is 2. The molecule has 2 aromatic heterocycles. The molecule has 0 amide bonds. The van der Waals surface area contributed by atoms with Gasteiger partial charge in [-0.15, -0.1) is 11.3 Å². The van der Waals surface area contributed by atoms with Gasteiger partial charge in [0.15, 0.2) is 5.13 Å². The number of nitrogens with one attached hydrogen (secondary N) is 1. The molecule has 0 bridgehead atoms. The van der Waals surface area contributed by atoms with Gasteiger partial charge in [-0.05, 0) is 24.5 Å². The SMILES string of the molecule is CC(C)CC(Nc1nc(-c2cccnc2)cs1)C(=O)O. The summed E-state index contributed by atoms with van der Waals surface area (Å²) >= 11 is 1.40. The Labute approximate surface area is 121 Å². The lowest BCUT2D eigenvalue weighted by Gasteiger charge is -2.15. The van der Waals surface area contributed by atoms with Gasteiger partial charge in [-0.3, -0.25) is 4.98 Å². The fraction of sp³-hybridized carbons (Fsp3) is 0.357. The third kappa shape index (κ3) is 3.77. The Bertz CT molecular complexity index is 569. The summed E-state index contributed by atoms with van der Waals surface area (Å²) in [5.41, 5.74) is 1.73. The van der Waals surface area contributed by atoms with Crippen molar-refractivity contribution in [3.8, 4) is 11.3 Å². The van der Waals surface area contributed by atoms with Crippen molar-refractivity contribution in [1.82, 2.24) is 9.97 Å². The van der Waals surface area contributed by atoms with Crippen molar-refractivity contribution in [3.63, 3.8) is 0 Å². The van der Waals surface area contributed by atoms with Crippen LogP contribution in [0, 0.1) is 5.92 Å². The first-order valence-electron chi connectivity index (χ1n) is 6.41.